The molecule has 8 nitrogen and oxygen atoms in total. The molecule has 0 spiro atoms. The van der Waals surface area contributed by atoms with Crippen LogP contribution < -0.4 is 16.0 Å². The first-order valence-electron chi connectivity index (χ1n) is 11.1. The predicted molar refractivity (Wildman–Crippen MR) is 135 cm³/mol. The van der Waals surface area contributed by atoms with Gasteiger partial charge in [0.2, 0.25) is 0 Å². The summed E-state index contributed by atoms with van der Waals surface area (Å²) in [5.41, 5.74) is 9.35. The van der Waals surface area contributed by atoms with Crippen molar-refractivity contribution in [2.75, 3.05) is 11.5 Å². The van der Waals surface area contributed by atoms with Crippen molar-refractivity contribution in [2.45, 2.75) is 39.8 Å². The second-order valence-corrected chi connectivity index (χ2v) is 8.64. The Morgan fingerprint density at radius 1 is 1.32 bits per heavy atom. The average Bonchev–Trinajstić information content (AvgIpc) is 3.21. The monoisotopic (exact) mass is 461 g/mol. The molecule has 3 N–H and O–H groups in total. The number of aromatic nitrogens is 1. The number of nitrogens with zero attached hydrogens (tertiary/aromatic N) is 3. The molecule has 2 aromatic rings. The normalized spacial score (nSPS) is 16.9. The standard InChI is InChI=1S/C26H31N5O3/c1-16(2)24-15-34-26(33)31(24)22-11-20(23-7-6-17(3)13-29-23)10-21(12-22)25(32)30-19(5)18(4)14-28-9-8-27/h6-14,16,19,24H,4,15,27H2,1-3,5H3,(H,30,32)/b9-8-,28-14?/t19?,24-/m0/s1. The van der Waals surface area contributed by atoms with Gasteiger partial charge >= 0.3 is 6.09 Å². The molecule has 34 heavy (non-hydrogen) atoms. The molecular weight excluding hydrogens is 430 g/mol. The predicted octanol–water partition coefficient (Wildman–Crippen LogP) is 4.21. The van der Waals surface area contributed by atoms with Crippen molar-refractivity contribution >= 4 is 23.9 Å². The maximum atomic E-state index is 13.2. The second kappa shape index (κ2) is 10.8. The number of carbonyl (C=O) groups is 2. The van der Waals surface area contributed by atoms with Gasteiger partial charge in [-0.3, -0.25) is 19.7 Å². The third-order valence-corrected chi connectivity index (χ3v) is 5.66. The van der Waals surface area contributed by atoms with Gasteiger partial charge in [0.15, 0.2) is 0 Å². The average molecular weight is 462 g/mol. The number of rotatable bonds is 8. The molecule has 178 valence electrons. The Balaban J connectivity index is 1.99. The summed E-state index contributed by atoms with van der Waals surface area (Å²) < 4.78 is 5.33. The smallest absolute Gasteiger partial charge is 0.414 e. The first-order valence-corrected chi connectivity index (χ1v) is 11.1. The number of hydrogen-bond acceptors (Lipinski definition) is 6. The molecule has 1 aromatic carbocycles. The van der Waals surface area contributed by atoms with E-state index in [0.717, 1.165) is 11.1 Å². The zero-order valence-corrected chi connectivity index (χ0v) is 20.0. The Morgan fingerprint density at radius 3 is 2.74 bits per heavy atom. The van der Waals surface area contributed by atoms with Crippen LogP contribution in [-0.4, -0.2) is 41.9 Å². The molecule has 1 aliphatic rings. The Hall–Kier alpha value is -3.94. The van der Waals surface area contributed by atoms with Crippen LogP contribution in [0.3, 0.4) is 0 Å². The number of anilines is 1. The summed E-state index contributed by atoms with van der Waals surface area (Å²) >= 11 is 0. The zero-order valence-electron chi connectivity index (χ0n) is 20.0. The highest BCUT2D eigenvalue weighted by Gasteiger charge is 2.36. The van der Waals surface area contributed by atoms with E-state index >= 15 is 0 Å². The van der Waals surface area contributed by atoms with Crippen LogP contribution >= 0.6 is 0 Å². The van der Waals surface area contributed by atoms with Gasteiger partial charge in [-0.2, -0.15) is 0 Å². The number of amides is 2. The number of benzene rings is 1. The van der Waals surface area contributed by atoms with E-state index in [2.05, 4.69) is 21.9 Å². The summed E-state index contributed by atoms with van der Waals surface area (Å²) in [6.07, 6.45) is 5.63. The third kappa shape index (κ3) is 5.70. The fourth-order valence-electron chi connectivity index (χ4n) is 3.56. The molecule has 3 rings (SSSR count). The number of hydrogen-bond donors (Lipinski definition) is 2. The largest absolute Gasteiger partial charge is 0.447 e. The Labute approximate surface area is 200 Å². The van der Waals surface area contributed by atoms with Crippen molar-refractivity contribution in [1.82, 2.24) is 10.3 Å². The van der Waals surface area contributed by atoms with Gasteiger partial charge in [-0.25, -0.2) is 4.79 Å². The van der Waals surface area contributed by atoms with E-state index in [9.17, 15) is 9.59 Å². The number of nitrogens with one attached hydrogen (secondary N) is 1. The van der Waals surface area contributed by atoms with Crippen LogP contribution in [0.1, 0.15) is 36.7 Å². The lowest BCUT2D eigenvalue weighted by atomic mass is 10.0. The molecule has 1 aromatic heterocycles. The Bertz CT molecular complexity index is 1120. The number of aliphatic imine (C=N–C) groups is 1. The topological polar surface area (TPSA) is 110 Å². The minimum absolute atomic E-state index is 0.129. The molecule has 1 aliphatic heterocycles. The van der Waals surface area contributed by atoms with Crippen molar-refractivity contribution in [3.63, 3.8) is 0 Å². The van der Waals surface area contributed by atoms with Gasteiger partial charge < -0.3 is 15.8 Å². The van der Waals surface area contributed by atoms with Gasteiger partial charge in [0.1, 0.15) is 6.61 Å². The molecule has 0 radical (unpaired) electrons. The number of pyridine rings is 1. The summed E-state index contributed by atoms with van der Waals surface area (Å²) in [5, 5.41) is 2.93. The van der Waals surface area contributed by atoms with Crippen molar-refractivity contribution in [2.24, 2.45) is 16.6 Å². The lowest BCUT2D eigenvalue weighted by Gasteiger charge is -2.25. The fourth-order valence-corrected chi connectivity index (χ4v) is 3.56. The maximum Gasteiger partial charge on any atom is 0.414 e. The van der Waals surface area contributed by atoms with Crippen LogP contribution in [0.5, 0.6) is 0 Å². The van der Waals surface area contributed by atoms with Gasteiger partial charge in [0.05, 0.1) is 17.8 Å². The number of ether oxygens (including phenoxy) is 1. The van der Waals surface area contributed by atoms with E-state index in [1.54, 1.807) is 29.4 Å². The lowest BCUT2D eigenvalue weighted by molar-refractivity contribution is 0.0946. The molecule has 0 saturated carbocycles. The van der Waals surface area contributed by atoms with Gasteiger partial charge in [0, 0.05) is 41.6 Å². The zero-order chi connectivity index (χ0) is 24.8. The minimum atomic E-state index is -0.426. The Kier molecular flexibility index (Phi) is 7.83. The number of aryl methyl sites for hydroxylation is 1. The van der Waals surface area contributed by atoms with E-state index in [0.29, 0.717) is 29.1 Å². The summed E-state index contributed by atoms with van der Waals surface area (Å²) in [7, 11) is 0. The van der Waals surface area contributed by atoms with Crippen LogP contribution in [0, 0.1) is 12.8 Å². The molecular formula is C26H31N5O3. The molecule has 8 heteroatoms. The van der Waals surface area contributed by atoms with Crippen molar-refractivity contribution in [1.29, 1.82) is 0 Å². The molecule has 0 bridgehead atoms. The van der Waals surface area contributed by atoms with E-state index in [1.807, 2.05) is 45.9 Å². The highest BCUT2D eigenvalue weighted by Crippen LogP contribution is 2.32. The van der Waals surface area contributed by atoms with Crippen molar-refractivity contribution in [3.8, 4) is 11.3 Å². The first-order chi connectivity index (χ1) is 16.2. The van der Waals surface area contributed by atoms with Crippen LogP contribution in [0.4, 0.5) is 10.5 Å². The Morgan fingerprint density at radius 2 is 2.09 bits per heavy atom. The van der Waals surface area contributed by atoms with Crippen LogP contribution in [-0.2, 0) is 4.74 Å². The molecule has 2 atom stereocenters. The van der Waals surface area contributed by atoms with Crippen molar-refractivity contribution < 1.29 is 14.3 Å². The molecule has 1 saturated heterocycles. The first kappa shape index (κ1) is 24.7. The van der Waals surface area contributed by atoms with E-state index in [1.165, 1.54) is 12.4 Å². The SMILES string of the molecule is C=C(C=N/C=C\N)C(C)NC(=O)c1cc(-c2ccc(C)cn2)cc(N2C(=O)OC[C@H]2C(C)C)c1. The summed E-state index contributed by atoms with van der Waals surface area (Å²) in [5.74, 6) is -0.129. The summed E-state index contributed by atoms with van der Waals surface area (Å²) in [6, 6.07) is 8.69. The van der Waals surface area contributed by atoms with E-state index < -0.39 is 6.09 Å². The molecule has 0 aliphatic carbocycles. The van der Waals surface area contributed by atoms with Gasteiger partial charge in [0.25, 0.3) is 5.91 Å². The van der Waals surface area contributed by atoms with Crippen LogP contribution in [0.2, 0.25) is 0 Å². The third-order valence-electron chi connectivity index (χ3n) is 5.66. The second-order valence-electron chi connectivity index (χ2n) is 8.64. The fraction of sp³-hybridized carbons (Fsp3) is 0.308. The number of cyclic esters (lactones) is 1. The molecule has 1 fully saturated rings. The summed E-state index contributed by atoms with van der Waals surface area (Å²) in [6.45, 7) is 12.1. The van der Waals surface area contributed by atoms with Crippen LogP contribution in [0.25, 0.3) is 11.3 Å². The molecule has 1 unspecified atom stereocenters. The lowest BCUT2D eigenvalue weighted by Crippen LogP contribution is -2.38. The number of carbonyl (C=O) groups excluding carboxylic acids is 2. The van der Waals surface area contributed by atoms with E-state index in [4.69, 9.17) is 10.5 Å². The van der Waals surface area contributed by atoms with Gasteiger partial charge in [-0.05, 0) is 55.2 Å². The van der Waals surface area contributed by atoms with Crippen LogP contribution in [0.15, 0.2) is 66.1 Å². The van der Waals surface area contributed by atoms with Crippen molar-refractivity contribution in [3.05, 3.63) is 72.2 Å². The van der Waals surface area contributed by atoms with E-state index in [-0.39, 0.29) is 23.9 Å². The molecule has 2 amide bonds. The summed E-state index contributed by atoms with van der Waals surface area (Å²) in [4.78, 5) is 35.9. The maximum absolute atomic E-state index is 13.2. The quantitative estimate of drug-likeness (QED) is 0.572. The van der Waals surface area contributed by atoms with Gasteiger partial charge in [-0.15, -0.1) is 0 Å². The highest BCUT2D eigenvalue weighted by molar-refractivity contribution is 5.99. The minimum Gasteiger partial charge on any atom is -0.447 e. The highest BCUT2D eigenvalue weighted by atomic mass is 16.6. The number of nitrogens with two attached hydrogens (primary N) is 1. The molecule has 2 heterocycles. The van der Waals surface area contributed by atoms with Gasteiger partial charge in [-0.1, -0.05) is 26.5 Å².